The second kappa shape index (κ2) is 9.79. The number of nitrogens with one attached hydrogen (secondary N) is 1. The molecule has 1 aliphatic rings. The van der Waals surface area contributed by atoms with Crippen LogP contribution in [0.25, 0.3) is 5.57 Å². The van der Waals surface area contributed by atoms with Crippen LogP contribution in [0.4, 0.5) is 5.69 Å². The highest BCUT2D eigenvalue weighted by Gasteiger charge is 2.38. The van der Waals surface area contributed by atoms with E-state index >= 15 is 0 Å². The Morgan fingerprint density at radius 2 is 1.61 bits per heavy atom. The van der Waals surface area contributed by atoms with E-state index in [0.29, 0.717) is 42.2 Å². The van der Waals surface area contributed by atoms with Crippen molar-refractivity contribution in [2.24, 2.45) is 0 Å². The summed E-state index contributed by atoms with van der Waals surface area (Å²) < 4.78 is 10.8. The van der Waals surface area contributed by atoms with Gasteiger partial charge in [0.1, 0.15) is 11.4 Å². The van der Waals surface area contributed by atoms with Crippen molar-refractivity contribution in [1.82, 2.24) is 4.90 Å². The summed E-state index contributed by atoms with van der Waals surface area (Å²) in [7, 11) is 1.59. The summed E-state index contributed by atoms with van der Waals surface area (Å²) in [5, 5.41) is 3.22. The van der Waals surface area contributed by atoms with Crippen molar-refractivity contribution in [2.75, 3.05) is 25.6 Å². The number of carbonyl (C=O) groups is 2. The molecule has 2 amide bonds. The average Bonchev–Trinajstić information content (AvgIpc) is 2.94. The predicted octanol–water partition coefficient (Wildman–Crippen LogP) is 4.32. The summed E-state index contributed by atoms with van der Waals surface area (Å²) in [6.45, 7) is 8.72. The van der Waals surface area contributed by atoms with E-state index in [2.05, 4.69) is 11.4 Å². The van der Waals surface area contributed by atoms with Crippen molar-refractivity contribution >= 4 is 23.1 Å². The van der Waals surface area contributed by atoms with Gasteiger partial charge in [0.2, 0.25) is 0 Å². The first kappa shape index (κ1) is 22.6. The normalized spacial score (nSPS) is 14.1. The number of amides is 2. The molecule has 3 rings (SSSR count). The van der Waals surface area contributed by atoms with E-state index in [9.17, 15) is 9.59 Å². The highest BCUT2D eigenvalue weighted by molar-refractivity contribution is 6.36. The van der Waals surface area contributed by atoms with E-state index in [1.165, 1.54) is 4.90 Å². The van der Waals surface area contributed by atoms with Crippen molar-refractivity contribution < 1.29 is 19.1 Å². The summed E-state index contributed by atoms with van der Waals surface area (Å²) in [4.78, 5) is 27.8. The lowest BCUT2D eigenvalue weighted by Gasteiger charge is -2.16. The maximum absolute atomic E-state index is 13.3. The molecular formula is C25H30N2O4. The van der Waals surface area contributed by atoms with Gasteiger partial charge in [0.05, 0.1) is 18.8 Å². The summed E-state index contributed by atoms with van der Waals surface area (Å²) in [6, 6.07) is 13.2. The molecule has 0 fully saturated rings. The number of carbonyl (C=O) groups excluding carboxylic acids is 2. The summed E-state index contributed by atoms with van der Waals surface area (Å²) in [5.41, 5.74) is 4.28. The van der Waals surface area contributed by atoms with E-state index in [-0.39, 0.29) is 17.9 Å². The Balaban J connectivity index is 1.93. The van der Waals surface area contributed by atoms with Gasteiger partial charge in [0.15, 0.2) is 0 Å². The molecule has 1 aliphatic heterocycles. The van der Waals surface area contributed by atoms with E-state index in [0.717, 1.165) is 16.8 Å². The van der Waals surface area contributed by atoms with Gasteiger partial charge >= 0.3 is 0 Å². The predicted molar refractivity (Wildman–Crippen MR) is 122 cm³/mol. The molecule has 0 unspecified atom stereocenters. The third kappa shape index (κ3) is 5.33. The monoisotopic (exact) mass is 422 g/mol. The first-order valence-electron chi connectivity index (χ1n) is 10.5. The standard InChI is InChI=1S/C25H30N2O4/c1-16(2)31-12-6-11-27-24(28)22(19-7-9-21(30-5)10-8-19)23(25(27)29)26-20-14-17(3)13-18(4)15-20/h7-10,13-16,26H,6,11-12H2,1-5H3. The molecule has 6 nitrogen and oxygen atoms in total. The molecule has 1 N–H and O–H groups in total. The van der Waals surface area contributed by atoms with Crippen LogP contribution in [0.2, 0.25) is 0 Å². The Labute approximate surface area is 183 Å². The molecule has 31 heavy (non-hydrogen) atoms. The van der Waals surface area contributed by atoms with Crippen LogP contribution in [0.3, 0.4) is 0 Å². The first-order valence-corrected chi connectivity index (χ1v) is 10.5. The summed E-state index contributed by atoms with van der Waals surface area (Å²) in [5.74, 6) is 0.0683. The molecule has 0 spiro atoms. The van der Waals surface area contributed by atoms with Gasteiger partial charge in [0.25, 0.3) is 11.8 Å². The van der Waals surface area contributed by atoms with Crippen molar-refractivity contribution in [3.63, 3.8) is 0 Å². The van der Waals surface area contributed by atoms with Gasteiger partial charge in [-0.2, -0.15) is 0 Å². The number of hydrogen-bond acceptors (Lipinski definition) is 5. The van der Waals surface area contributed by atoms with Crippen LogP contribution in [-0.2, 0) is 14.3 Å². The molecule has 0 radical (unpaired) electrons. The Morgan fingerprint density at radius 1 is 0.968 bits per heavy atom. The van der Waals surface area contributed by atoms with Gasteiger partial charge in [-0.15, -0.1) is 0 Å². The number of imide groups is 1. The molecule has 0 saturated carbocycles. The number of aryl methyl sites for hydroxylation is 2. The van der Waals surface area contributed by atoms with Crippen molar-refractivity contribution in [2.45, 2.75) is 40.2 Å². The number of anilines is 1. The lowest BCUT2D eigenvalue weighted by Crippen LogP contribution is -2.34. The number of hydrogen-bond donors (Lipinski definition) is 1. The number of nitrogens with zero attached hydrogens (tertiary/aromatic N) is 1. The van der Waals surface area contributed by atoms with Crippen LogP contribution in [0, 0.1) is 13.8 Å². The molecule has 164 valence electrons. The minimum absolute atomic E-state index is 0.111. The number of rotatable bonds is 9. The average molecular weight is 423 g/mol. The molecule has 0 saturated heterocycles. The topological polar surface area (TPSA) is 67.9 Å². The third-order valence-electron chi connectivity index (χ3n) is 5.01. The van der Waals surface area contributed by atoms with Crippen LogP contribution in [0.1, 0.15) is 37.0 Å². The van der Waals surface area contributed by atoms with Gasteiger partial charge in [-0.3, -0.25) is 14.5 Å². The van der Waals surface area contributed by atoms with Crippen molar-refractivity contribution in [1.29, 1.82) is 0 Å². The van der Waals surface area contributed by atoms with Crippen LogP contribution < -0.4 is 10.1 Å². The zero-order chi connectivity index (χ0) is 22.5. The zero-order valence-corrected chi connectivity index (χ0v) is 18.8. The number of benzene rings is 2. The van der Waals surface area contributed by atoms with Gasteiger partial charge in [-0.05, 0) is 75.1 Å². The molecule has 6 heteroatoms. The molecule has 0 aliphatic carbocycles. The first-order chi connectivity index (χ1) is 14.8. The van der Waals surface area contributed by atoms with E-state index in [1.807, 2.05) is 39.8 Å². The Hall–Kier alpha value is -3.12. The van der Waals surface area contributed by atoms with E-state index < -0.39 is 0 Å². The molecular weight excluding hydrogens is 392 g/mol. The maximum Gasteiger partial charge on any atom is 0.278 e. The van der Waals surface area contributed by atoms with Gasteiger partial charge < -0.3 is 14.8 Å². The van der Waals surface area contributed by atoms with Crippen molar-refractivity contribution in [3.8, 4) is 5.75 Å². The zero-order valence-electron chi connectivity index (χ0n) is 18.8. The summed E-state index contributed by atoms with van der Waals surface area (Å²) >= 11 is 0. The fourth-order valence-corrected chi connectivity index (χ4v) is 3.65. The van der Waals surface area contributed by atoms with Crippen LogP contribution in [-0.4, -0.2) is 43.1 Å². The van der Waals surface area contributed by atoms with Crippen molar-refractivity contribution in [3.05, 3.63) is 64.9 Å². The Bertz CT molecular complexity index is 973. The minimum Gasteiger partial charge on any atom is -0.497 e. The van der Waals surface area contributed by atoms with E-state index in [1.54, 1.807) is 31.4 Å². The maximum atomic E-state index is 13.3. The van der Waals surface area contributed by atoms with Gasteiger partial charge in [-0.25, -0.2) is 0 Å². The van der Waals surface area contributed by atoms with Gasteiger partial charge in [-0.1, -0.05) is 18.2 Å². The third-order valence-corrected chi connectivity index (χ3v) is 5.01. The van der Waals surface area contributed by atoms with Crippen LogP contribution in [0.5, 0.6) is 5.75 Å². The smallest absolute Gasteiger partial charge is 0.278 e. The molecule has 2 aromatic carbocycles. The van der Waals surface area contributed by atoms with Crippen LogP contribution >= 0.6 is 0 Å². The fourth-order valence-electron chi connectivity index (χ4n) is 3.65. The second-order valence-electron chi connectivity index (χ2n) is 8.01. The molecule has 0 atom stereocenters. The highest BCUT2D eigenvalue weighted by atomic mass is 16.5. The van der Waals surface area contributed by atoms with Gasteiger partial charge in [0, 0.05) is 18.8 Å². The molecule has 0 bridgehead atoms. The SMILES string of the molecule is COc1ccc(C2=C(Nc3cc(C)cc(C)c3)C(=O)N(CCCOC(C)C)C2=O)cc1. The number of ether oxygens (including phenoxy) is 2. The van der Waals surface area contributed by atoms with Crippen LogP contribution in [0.15, 0.2) is 48.2 Å². The minimum atomic E-state index is -0.320. The highest BCUT2D eigenvalue weighted by Crippen LogP contribution is 2.32. The fraction of sp³-hybridized carbons (Fsp3) is 0.360. The largest absolute Gasteiger partial charge is 0.497 e. The lowest BCUT2D eigenvalue weighted by atomic mass is 10.0. The molecule has 2 aromatic rings. The second-order valence-corrected chi connectivity index (χ2v) is 8.01. The Kier molecular flexibility index (Phi) is 7.13. The molecule has 1 heterocycles. The van der Waals surface area contributed by atoms with E-state index in [4.69, 9.17) is 9.47 Å². The summed E-state index contributed by atoms with van der Waals surface area (Å²) in [6.07, 6.45) is 0.697. The quantitative estimate of drug-likeness (QED) is 0.482. The Morgan fingerprint density at radius 3 is 2.19 bits per heavy atom. The lowest BCUT2D eigenvalue weighted by molar-refractivity contribution is -0.137. The number of methoxy groups -OCH3 is 1. The molecule has 0 aromatic heterocycles.